The lowest BCUT2D eigenvalue weighted by Gasteiger charge is -2.32. The topological polar surface area (TPSA) is 87.7 Å². The lowest BCUT2D eigenvalue weighted by Crippen LogP contribution is -2.46. The molecule has 2 heterocycles. The second-order valence-corrected chi connectivity index (χ2v) is 6.06. The zero-order valence-electron chi connectivity index (χ0n) is 14.8. The number of aryl methyl sites for hydroxylation is 1. The van der Waals surface area contributed by atoms with Gasteiger partial charge in [-0.25, -0.2) is 0 Å². The molecule has 8 heteroatoms. The average molecular weight is 355 g/mol. The molecule has 0 radical (unpaired) electrons. The first kappa shape index (κ1) is 17.7. The summed E-state index contributed by atoms with van der Waals surface area (Å²) in [5, 5.41) is 11.0. The van der Waals surface area contributed by atoms with Crippen LogP contribution in [-0.4, -0.2) is 60.7 Å². The van der Waals surface area contributed by atoms with Crippen molar-refractivity contribution < 1.29 is 14.3 Å². The van der Waals surface area contributed by atoms with E-state index in [1.165, 1.54) is 0 Å². The van der Waals surface area contributed by atoms with Gasteiger partial charge in [-0.2, -0.15) is 0 Å². The average Bonchev–Trinajstić information content (AvgIpc) is 2.68. The van der Waals surface area contributed by atoms with E-state index in [1.54, 1.807) is 30.2 Å². The van der Waals surface area contributed by atoms with Crippen molar-refractivity contribution in [3.8, 4) is 5.75 Å². The van der Waals surface area contributed by atoms with Crippen LogP contribution >= 0.6 is 0 Å². The highest BCUT2D eigenvalue weighted by Crippen LogP contribution is 2.25. The van der Waals surface area contributed by atoms with Gasteiger partial charge in [-0.05, 0) is 36.8 Å². The number of amides is 2. The van der Waals surface area contributed by atoms with E-state index in [0.29, 0.717) is 43.4 Å². The van der Waals surface area contributed by atoms with Gasteiger partial charge in [0.15, 0.2) is 11.5 Å². The van der Waals surface area contributed by atoms with Gasteiger partial charge in [-0.1, -0.05) is 6.07 Å². The molecule has 0 spiro atoms. The zero-order valence-corrected chi connectivity index (χ0v) is 14.8. The number of piperazine rings is 1. The summed E-state index contributed by atoms with van der Waals surface area (Å²) in [6.07, 6.45) is 0.857. The van der Waals surface area contributed by atoms with Gasteiger partial charge in [0.1, 0.15) is 5.75 Å². The fraction of sp³-hybridized carbons (Fsp3) is 0.333. The maximum atomic E-state index is 12.4. The Labute approximate surface area is 151 Å². The number of benzene rings is 1. The summed E-state index contributed by atoms with van der Waals surface area (Å²) in [6.45, 7) is 4.63. The van der Waals surface area contributed by atoms with Crippen LogP contribution in [-0.2, 0) is 4.79 Å². The van der Waals surface area contributed by atoms with Gasteiger partial charge in [0.25, 0.3) is 5.91 Å². The number of ether oxygens (including phenoxy) is 1. The van der Waals surface area contributed by atoms with Crippen LogP contribution in [0.3, 0.4) is 0 Å². The molecular formula is C18H21N5O3. The quantitative estimate of drug-likeness (QED) is 0.814. The summed E-state index contributed by atoms with van der Waals surface area (Å²) >= 11 is 0. The smallest absolute Gasteiger partial charge is 0.276 e. The molecule has 136 valence electrons. The van der Waals surface area contributed by atoms with Crippen molar-refractivity contribution in [1.29, 1.82) is 0 Å². The van der Waals surface area contributed by atoms with E-state index in [-0.39, 0.29) is 11.6 Å². The molecule has 0 unspecified atom stereocenters. The number of hydrogen-bond acceptors (Lipinski definition) is 6. The van der Waals surface area contributed by atoms with Crippen LogP contribution in [0, 0.1) is 6.92 Å². The normalized spacial score (nSPS) is 14.1. The number of aromatic nitrogens is 2. The van der Waals surface area contributed by atoms with Crippen LogP contribution in [0.15, 0.2) is 30.3 Å². The number of anilines is 2. The molecule has 0 saturated carbocycles. The van der Waals surface area contributed by atoms with Gasteiger partial charge < -0.3 is 19.9 Å². The first-order valence-corrected chi connectivity index (χ1v) is 8.34. The Bertz CT molecular complexity index is 786. The second kappa shape index (κ2) is 7.81. The van der Waals surface area contributed by atoms with Crippen LogP contribution in [0.5, 0.6) is 5.75 Å². The van der Waals surface area contributed by atoms with Crippen LogP contribution in [0.4, 0.5) is 11.5 Å². The first-order chi connectivity index (χ1) is 12.6. The molecule has 1 fully saturated rings. The maximum Gasteiger partial charge on any atom is 0.276 e. The van der Waals surface area contributed by atoms with E-state index in [1.807, 2.05) is 24.0 Å². The molecule has 0 aliphatic carbocycles. The first-order valence-electron chi connectivity index (χ1n) is 8.34. The van der Waals surface area contributed by atoms with Gasteiger partial charge in [-0.3, -0.25) is 9.59 Å². The van der Waals surface area contributed by atoms with Crippen LogP contribution in [0.2, 0.25) is 0 Å². The van der Waals surface area contributed by atoms with Crippen molar-refractivity contribution in [2.24, 2.45) is 0 Å². The molecule has 1 aromatic heterocycles. The largest absolute Gasteiger partial charge is 0.495 e. The summed E-state index contributed by atoms with van der Waals surface area (Å²) in [5.41, 5.74) is 1.83. The minimum atomic E-state index is -0.348. The van der Waals surface area contributed by atoms with Crippen LogP contribution in [0.1, 0.15) is 16.1 Å². The molecular weight excluding hydrogens is 334 g/mol. The number of carbonyl (C=O) groups excluding carboxylic acids is 2. The number of hydrogen-bond donors (Lipinski definition) is 1. The summed E-state index contributed by atoms with van der Waals surface area (Å²) in [5.74, 6) is 0.931. The van der Waals surface area contributed by atoms with E-state index in [0.717, 1.165) is 12.0 Å². The van der Waals surface area contributed by atoms with Gasteiger partial charge >= 0.3 is 0 Å². The zero-order chi connectivity index (χ0) is 18.5. The van der Waals surface area contributed by atoms with Crippen molar-refractivity contribution in [3.05, 3.63) is 41.6 Å². The number of carbonyl (C=O) groups is 2. The predicted octanol–water partition coefficient (Wildman–Crippen LogP) is 1.32. The lowest BCUT2D eigenvalue weighted by molar-refractivity contribution is -0.118. The Hall–Kier alpha value is -3.16. The third-order valence-corrected chi connectivity index (χ3v) is 4.27. The number of nitrogens with one attached hydrogen (secondary N) is 1. The highest BCUT2D eigenvalue weighted by molar-refractivity contribution is 6.03. The molecule has 1 aromatic carbocycles. The molecule has 0 atom stereocenters. The molecule has 1 aliphatic rings. The number of methoxy groups -OCH3 is 1. The van der Waals surface area contributed by atoms with E-state index in [9.17, 15) is 9.59 Å². The molecule has 1 saturated heterocycles. The molecule has 1 aliphatic heterocycles. The van der Waals surface area contributed by atoms with Gasteiger partial charge in [0, 0.05) is 26.2 Å². The minimum Gasteiger partial charge on any atom is -0.495 e. The Morgan fingerprint density at radius 2 is 1.92 bits per heavy atom. The Balaban J connectivity index is 1.68. The third-order valence-electron chi connectivity index (χ3n) is 4.27. The molecule has 8 nitrogen and oxygen atoms in total. The number of rotatable bonds is 5. The van der Waals surface area contributed by atoms with Crippen molar-refractivity contribution in [2.45, 2.75) is 6.92 Å². The van der Waals surface area contributed by atoms with Gasteiger partial charge in [0.05, 0.1) is 12.8 Å². The van der Waals surface area contributed by atoms with Gasteiger partial charge in [0.2, 0.25) is 6.41 Å². The van der Waals surface area contributed by atoms with E-state index in [4.69, 9.17) is 4.74 Å². The fourth-order valence-electron chi connectivity index (χ4n) is 2.78. The number of nitrogens with zero attached hydrogens (tertiary/aromatic N) is 4. The van der Waals surface area contributed by atoms with Crippen LogP contribution < -0.4 is 15.0 Å². The van der Waals surface area contributed by atoms with Crippen molar-refractivity contribution in [1.82, 2.24) is 15.1 Å². The summed E-state index contributed by atoms with van der Waals surface area (Å²) in [7, 11) is 1.55. The minimum absolute atomic E-state index is 0.226. The maximum absolute atomic E-state index is 12.4. The second-order valence-electron chi connectivity index (χ2n) is 6.06. The molecule has 1 N–H and O–H groups in total. The highest BCUT2D eigenvalue weighted by Gasteiger charge is 2.18. The summed E-state index contributed by atoms with van der Waals surface area (Å²) in [6, 6.07) is 8.97. The Kier molecular flexibility index (Phi) is 5.31. The van der Waals surface area contributed by atoms with E-state index < -0.39 is 0 Å². The molecule has 2 aromatic rings. The Morgan fingerprint density at radius 3 is 2.54 bits per heavy atom. The van der Waals surface area contributed by atoms with Crippen molar-refractivity contribution in [2.75, 3.05) is 43.5 Å². The Morgan fingerprint density at radius 1 is 1.15 bits per heavy atom. The highest BCUT2D eigenvalue weighted by atomic mass is 16.5. The lowest BCUT2D eigenvalue weighted by atomic mass is 10.2. The molecule has 2 amide bonds. The molecule has 3 rings (SSSR count). The molecule has 26 heavy (non-hydrogen) atoms. The summed E-state index contributed by atoms with van der Waals surface area (Å²) in [4.78, 5) is 27.0. The van der Waals surface area contributed by atoms with Crippen LogP contribution in [0.25, 0.3) is 0 Å². The van der Waals surface area contributed by atoms with Crippen molar-refractivity contribution in [3.63, 3.8) is 0 Å². The monoisotopic (exact) mass is 355 g/mol. The van der Waals surface area contributed by atoms with E-state index in [2.05, 4.69) is 15.5 Å². The molecule has 0 bridgehead atoms. The fourth-order valence-corrected chi connectivity index (χ4v) is 2.78. The third kappa shape index (κ3) is 3.90. The SMILES string of the molecule is COc1ccc(C)cc1NC(=O)c1ccc(N2CCN(C=O)CC2)nn1. The summed E-state index contributed by atoms with van der Waals surface area (Å²) < 4.78 is 5.27. The standard InChI is InChI=1S/C18H21N5O3/c1-13-3-5-16(26-2)15(11-13)19-18(25)14-4-6-17(21-20-14)23-9-7-22(12-24)8-10-23/h3-6,11-12H,7-10H2,1-2H3,(H,19,25). The van der Waals surface area contributed by atoms with E-state index >= 15 is 0 Å². The predicted molar refractivity (Wildman–Crippen MR) is 97.6 cm³/mol. The van der Waals surface area contributed by atoms with Crippen molar-refractivity contribution >= 4 is 23.8 Å². The van der Waals surface area contributed by atoms with Gasteiger partial charge in [-0.15, -0.1) is 10.2 Å².